The minimum absolute atomic E-state index is 0.345. The van der Waals surface area contributed by atoms with Crippen LogP contribution >= 0.6 is 11.8 Å². The summed E-state index contributed by atoms with van der Waals surface area (Å²) in [6.45, 7) is 2.60. The van der Waals surface area contributed by atoms with Crippen molar-refractivity contribution in [3.8, 4) is 0 Å². The molecule has 1 rings (SSSR count). The molecule has 0 saturated carbocycles. The van der Waals surface area contributed by atoms with E-state index in [4.69, 9.17) is 5.84 Å². The van der Waals surface area contributed by atoms with Crippen molar-refractivity contribution in [1.82, 2.24) is 15.4 Å². The first-order valence-electron chi connectivity index (χ1n) is 4.38. The van der Waals surface area contributed by atoms with Crippen LogP contribution in [0.5, 0.6) is 0 Å². The van der Waals surface area contributed by atoms with Crippen molar-refractivity contribution in [3.05, 3.63) is 11.8 Å². The normalized spacial score (nSPS) is 9.80. The minimum atomic E-state index is -0.404. The lowest BCUT2D eigenvalue weighted by atomic mass is 10.3. The Kier molecular flexibility index (Phi) is 4.32. The van der Waals surface area contributed by atoms with E-state index in [0.29, 0.717) is 23.1 Å². The van der Waals surface area contributed by atoms with Gasteiger partial charge in [-0.2, -0.15) is 0 Å². The van der Waals surface area contributed by atoms with Gasteiger partial charge >= 0.3 is 0 Å². The summed E-state index contributed by atoms with van der Waals surface area (Å²) in [6.07, 6.45) is 3.33. The topological polar surface area (TPSA) is 92.9 Å². The summed E-state index contributed by atoms with van der Waals surface area (Å²) in [4.78, 5) is 19.5. The van der Waals surface area contributed by atoms with Gasteiger partial charge in [-0.25, -0.2) is 15.8 Å². The van der Waals surface area contributed by atoms with E-state index in [0.717, 1.165) is 0 Å². The van der Waals surface area contributed by atoms with Crippen LogP contribution in [-0.4, -0.2) is 28.7 Å². The van der Waals surface area contributed by atoms with Gasteiger partial charge in [0.15, 0.2) is 5.16 Å². The lowest BCUT2D eigenvalue weighted by molar-refractivity contribution is 0.0953. The highest BCUT2D eigenvalue weighted by atomic mass is 32.2. The van der Waals surface area contributed by atoms with Crippen molar-refractivity contribution in [2.45, 2.75) is 12.1 Å². The van der Waals surface area contributed by atoms with E-state index in [9.17, 15) is 4.79 Å². The molecule has 0 aliphatic heterocycles. The molecule has 7 heteroatoms. The second kappa shape index (κ2) is 5.52. The standard InChI is InChI=1S/C8H13N5OS/c1-3-10-6-5(7(14)13-9)4-11-8(12-6)15-2/h4H,3,9H2,1-2H3,(H,13,14)(H,10,11,12). The number of nitrogen functional groups attached to an aromatic ring is 1. The molecule has 1 aromatic rings. The molecule has 1 heterocycles. The van der Waals surface area contributed by atoms with Crippen LogP contribution in [0.3, 0.4) is 0 Å². The van der Waals surface area contributed by atoms with Crippen LogP contribution in [0.2, 0.25) is 0 Å². The van der Waals surface area contributed by atoms with Crippen LogP contribution in [0.25, 0.3) is 0 Å². The quantitative estimate of drug-likeness (QED) is 0.224. The molecule has 1 aromatic heterocycles. The third-order valence-corrected chi connectivity index (χ3v) is 2.23. The summed E-state index contributed by atoms with van der Waals surface area (Å²) in [5.41, 5.74) is 2.40. The Labute approximate surface area is 92.0 Å². The molecule has 0 fully saturated rings. The van der Waals surface area contributed by atoms with E-state index in [1.54, 1.807) is 0 Å². The number of nitrogens with zero attached hydrogens (tertiary/aromatic N) is 2. The highest BCUT2D eigenvalue weighted by molar-refractivity contribution is 7.98. The van der Waals surface area contributed by atoms with Crippen molar-refractivity contribution in [1.29, 1.82) is 0 Å². The first kappa shape index (κ1) is 11.7. The Morgan fingerprint density at radius 1 is 1.67 bits per heavy atom. The van der Waals surface area contributed by atoms with Gasteiger partial charge in [0.2, 0.25) is 0 Å². The van der Waals surface area contributed by atoms with E-state index in [-0.39, 0.29) is 0 Å². The van der Waals surface area contributed by atoms with E-state index >= 15 is 0 Å². The van der Waals surface area contributed by atoms with E-state index in [2.05, 4.69) is 20.7 Å². The van der Waals surface area contributed by atoms with Gasteiger partial charge in [0.25, 0.3) is 5.91 Å². The van der Waals surface area contributed by atoms with Crippen molar-refractivity contribution in [2.75, 3.05) is 18.1 Å². The fourth-order valence-electron chi connectivity index (χ4n) is 1.01. The number of hydrogen-bond acceptors (Lipinski definition) is 6. The second-order valence-electron chi connectivity index (χ2n) is 2.62. The lowest BCUT2D eigenvalue weighted by Crippen LogP contribution is -2.31. The van der Waals surface area contributed by atoms with Gasteiger partial charge < -0.3 is 5.32 Å². The van der Waals surface area contributed by atoms with Crippen LogP contribution in [0.4, 0.5) is 5.82 Å². The predicted octanol–water partition coefficient (Wildman–Crippen LogP) is 0.234. The number of aromatic nitrogens is 2. The molecule has 1 amide bonds. The summed E-state index contributed by atoms with van der Waals surface area (Å²) in [5.74, 6) is 5.15. The Morgan fingerprint density at radius 3 is 2.93 bits per heavy atom. The number of rotatable bonds is 4. The Hall–Kier alpha value is -1.34. The smallest absolute Gasteiger partial charge is 0.270 e. The summed E-state index contributed by atoms with van der Waals surface area (Å²) < 4.78 is 0. The largest absolute Gasteiger partial charge is 0.370 e. The van der Waals surface area contributed by atoms with E-state index in [1.165, 1.54) is 18.0 Å². The lowest BCUT2D eigenvalue weighted by Gasteiger charge is -2.08. The van der Waals surface area contributed by atoms with Gasteiger partial charge in [-0.15, -0.1) is 0 Å². The molecule has 0 radical (unpaired) electrons. The highest BCUT2D eigenvalue weighted by Gasteiger charge is 2.12. The Morgan fingerprint density at radius 2 is 2.40 bits per heavy atom. The summed E-state index contributed by atoms with van der Waals surface area (Å²) in [6, 6.07) is 0. The van der Waals surface area contributed by atoms with Gasteiger partial charge in [-0.1, -0.05) is 11.8 Å². The number of nitrogens with one attached hydrogen (secondary N) is 2. The van der Waals surface area contributed by atoms with Gasteiger partial charge in [0.1, 0.15) is 11.4 Å². The summed E-state index contributed by atoms with van der Waals surface area (Å²) in [7, 11) is 0. The van der Waals surface area contributed by atoms with Gasteiger partial charge in [-0.05, 0) is 13.2 Å². The number of anilines is 1. The molecule has 0 aliphatic rings. The van der Waals surface area contributed by atoms with Crippen molar-refractivity contribution >= 4 is 23.5 Å². The van der Waals surface area contributed by atoms with Crippen LogP contribution < -0.4 is 16.6 Å². The number of carbonyl (C=O) groups excluding carboxylic acids is 1. The average molecular weight is 227 g/mol. The molecule has 0 aromatic carbocycles. The summed E-state index contributed by atoms with van der Waals surface area (Å²) in [5, 5.41) is 3.60. The van der Waals surface area contributed by atoms with E-state index in [1.807, 2.05) is 13.2 Å². The number of carbonyl (C=O) groups is 1. The van der Waals surface area contributed by atoms with Gasteiger partial charge in [0, 0.05) is 12.7 Å². The zero-order valence-corrected chi connectivity index (χ0v) is 9.39. The molecular weight excluding hydrogens is 214 g/mol. The molecule has 4 N–H and O–H groups in total. The van der Waals surface area contributed by atoms with E-state index < -0.39 is 5.91 Å². The highest BCUT2D eigenvalue weighted by Crippen LogP contribution is 2.15. The molecule has 0 bridgehead atoms. The van der Waals surface area contributed by atoms with Crippen LogP contribution in [-0.2, 0) is 0 Å². The third-order valence-electron chi connectivity index (χ3n) is 1.67. The SMILES string of the molecule is CCNc1nc(SC)ncc1C(=O)NN. The molecule has 0 aliphatic carbocycles. The average Bonchev–Trinajstić information content (AvgIpc) is 2.28. The monoisotopic (exact) mass is 227 g/mol. The van der Waals surface area contributed by atoms with Crippen LogP contribution in [0, 0.1) is 0 Å². The van der Waals surface area contributed by atoms with Gasteiger partial charge in [0.05, 0.1) is 0 Å². The molecule has 0 spiro atoms. The maximum absolute atomic E-state index is 11.3. The molecule has 0 atom stereocenters. The number of thioether (sulfide) groups is 1. The summed E-state index contributed by atoms with van der Waals surface area (Å²) >= 11 is 1.41. The maximum Gasteiger partial charge on any atom is 0.270 e. The first-order chi connectivity index (χ1) is 7.22. The maximum atomic E-state index is 11.3. The number of hydrazine groups is 1. The van der Waals surface area contributed by atoms with Crippen LogP contribution in [0.15, 0.2) is 11.4 Å². The molecule has 0 saturated heterocycles. The second-order valence-corrected chi connectivity index (χ2v) is 3.40. The number of amides is 1. The molecule has 6 nitrogen and oxygen atoms in total. The van der Waals surface area contributed by atoms with Crippen LogP contribution in [0.1, 0.15) is 17.3 Å². The minimum Gasteiger partial charge on any atom is -0.370 e. The number of hydrogen-bond donors (Lipinski definition) is 3. The molecule has 0 unspecified atom stereocenters. The molecular formula is C8H13N5OS. The fourth-order valence-corrected chi connectivity index (χ4v) is 1.35. The number of nitrogens with two attached hydrogens (primary N) is 1. The zero-order chi connectivity index (χ0) is 11.3. The van der Waals surface area contributed by atoms with Gasteiger partial charge in [-0.3, -0.25) is 10.2 Å². The third kappa shape index (κ3) is 2.80. The molecule has 82 valence electrons. The van der Waals surface area contributed by atoms with Crippen molar-refractivity contribution in [3.63, 3.8) is 0 Å². The predicted molar refractivity (Wildman–Crippen MR) is 59.6 cm³/mol. The van der Waals surface area contributed by atoms with Crippen molar-refractivity contribution < 1.29 is 4.79 Å². The Balaban J connectivity index is 3.08. The zero-order valence-electron chi connectivity index (χ0n) is 8.57. The van der Waals surface area contributed by atoms with Crippen molar-refractivity contribution in [2.24, 2.45) is 5.84 Å². The fraction of sp³-hybridized carbons (Fsp3) is 0.375. The molecule has 15 heavy (non-hydrogen) atoms. The Bertz CT molecular complexity index is 357. The first-order valence-corrected chi connectivity index (χ1v) is 5.61.